The van der Waals surface area contributed by atoms with Crippen molar-refractivity contribution in [1.82, 2.24) is 5.32 Å². The molecule has 0 aromatic heterocycles. The Morgan fingerprint density at radius 2 is 1.10 bits per heavy atom. The Kier molecular flexibility index (Phi) is 35.0. The molecule has 48 heavy (non-hydrogen) atoms. The highest BCUT2D eigenvalue weighted by Crippen LogP contribution is 2.43. The van der Waals surface area contributed by atoms with Gasteiger partial charge in [0.05, 0.1) is 25.4 Å². The molecule has 9 heteroatoms. The molecular formula is C39H77N2O6P. The highest BCUT2D eigenvalue weighted by molar-refractivity contribution is 7.47. The van der Waals surface area contributed by atoms with Crippen LogP contribution in [-0.4, -0.2) is 47.8 Å². The molecule has 284 valence electrons. The Morgan fingerprint density at radius 3 is 1.60 bits per heavy atom. The summed E-state index contributed by atoms with van der Waals surface area (Å²) in [6.07, 6.45) is 39.5. The Morgan fingerprint density at radius 1 is 0.667 bits per heavy atom. The van der Waals surface area contributed by atoms with Gasteiger partial charge in [0.2, 0.25) is 5.91 Å². The first-order valence-electron chi connectivity index (χ1n) is 20.0. The van der Waals surface area contributed by atoms with Crippen LogP contribution < -0.4 is 11.1 Å². The Bertz CT molecular complexity index is 809. The second-order valence-corrected chi connectivity index (χ2v) is 14.9. The van der Waals surface area contributed by atoms with Gasteiger partial charge in [-0.25, -0.2) is 4.57 Å². The number of amides is 1. The third kappa shape index (κ3) is 33.5. The topological polar surface area (TPSA) is 131 Å². The quantitative estimate of drug-likeness (QED) is 0.0288. The van der Waals surface area contributed by atoms with Gasteiger partial charge in [-0.1, -0.05) is 173 Å². The Labute approximate surface area is 296 Å². The lowest BCUT2D eigenvalue weighted by molar-refractivity contribution is -0.123. The van der Waals surface area contributed by atoms with Crippen LogP contribution in [-0.2, 0) is 18.4 Å². The molecule has 0 radical (unpaired) electrons. The van der Waals surface area contributed by atoms with Gasteiger partial charge >= 0.3 is 7.82 Å². The minimum atomic E-state index is -4.34. The molecule has 8 nitrogen and oxygen atoms in total. The molecular weight excluding hydrogens is 623 g/mol. The predicted molar refractivity (Wildman–Crippen MR) is 203 cm³/mol. The first-order chi connectivity index (χ1) is 23.4. The van der Waals surface area contributed by atoms with Gasteiger partial charge in [-0.15, -0.1) is 0 Å². The van der Waals surface area contributed by atoms with Gasteiger partial charge in [-0.3, -0.25) is 13.8 Å². The van der Waals surface area contributed by atoms with Gasteiger partial charge < -0.3 is 21.1 Å². The number of hydrogen-bond acceptors (Lipinski definition) is 6. The molecule has 0 saturated heterocycles. The monoisotopic (exact) mass is 701 g/mol. The molecule has 0 spiro atoms. The number of rotatable bonds is 37. The molecule has 1 amide bonds. The average Bonchev–Trinajstić information content (AvgIpc) is 3.07. The fourth-order valence-corrected chi connectivity index (χ4v) is 6.49. The predicted octanol–water partition coefficient (Wildman–Crippen LogP) is 10.6. The van der Waals surface area contributed by atoms with Gasteiger partial charge in [0.25, 0.3) is 0 Å². The zero-order valence-corrected chi connectivity index (χ0v) is 32.1. The molecule has 3 atom stereocenters. The highest BCUT2D eigenvalue weighted by Gasteiger charge is 2.26. The van der Waals surface area contributed by atoms with Crippen molar-refractivity contribution in [2.45, 2.75) is 199 Å². The molecule has 0 aromatic rings. The van der Waals surface area contributed by atoms with Crippen LogP contribution in [0.4, 0.5) is 0 Å². The molecule has 0 saturated carbocycles. The van der Waals surface area contributed by atoms with Crippen LogP contribution in [0, 0.1) is 0 Å². The number of hydrogen-bond donors (Lipinski definition) is 4. The van der Waals surface area contributed by atoms with Crippen molar-refractivity contribution in [1.29, 1.82) is 0 Å². The van der Waals surface area contributed by atoms with Crippen molar-refractivity contribution in [2.24, 2.45) is 5.73 Å². The lowest BCUT2D eigenvalue weighted by atomic mass is 10.0. The summed E-state index contributed by atoms with van der Waals surface area (Å²) in [4.78, 5) is 22.5. The SMILES string of the molecule is CCCCCCCCCCCCCCC/C=C/CC/C=C/C(O)C(COP(=O)(O)OCCN)NC(=O)CCCCCCCCCCCC. The van der Waals surface area contributed by atoms with E-state index in [0.717, 1.165) is 38.5 Å². The normalized spacial score (nSPS) is 14.5. The van der Waals surface area contributed by atoms with Crippen LogP contribution >= 0.6 is 7.82 Å². The fourth-order valence-electron chi connectivity index (χ4n) is 5.74. The van der Waals surface area contributed by atoms with Crippen LogP contribution in [0.5, 0.6) is 0 Å². The van der Waals surface area contributed by atoms with Crippen LogP contribution in [0.2, 0.25) is 0 Å². The number of phosphoric ester groups is 1. The largest absolute Gasteiger partial charge is 0.472 e. The minimum Gasteiger partial charge on any atom is -0.387 e. The number of aliphatic hydroxyl groups excluding tert-OH is 1. The van der Waals surface area contributed by atoms with Crippen LogP contribution in [0.25, 0.3) is 0 Å². The summed E-state index contributed by atoms with van der Waals surface area (Å²) in [7, 11) is -4.34. The van der Waals surface area contributed by atoms with Crippen molar-refractivity contribution in [3.05, 3.63) is 24.3 Å². The number of nitrogens with one attached hydrogen (secondary N) is 1. The standard InChI is InChI=1S/C39H77N2O6P/c1-3-5-7-9-11-13-15-16-17-18-19-20-21-22-23-24-26-28-30-32-38(42)37(36-47-48(44,45)46-35-34-40)41-39(43)33-31-29-27-25-14-12-10-8-6-4-2/h23-24,30,32,37-38,42H,3-22,25-29,31,33-36,40H2,1-2H3,(H,41,43)(H,44,45)/b24-23+,32-30+. The van der Waals surface area contributed by atoms with Gasteiger partial charge in [0.15, 0.2) is 0 Å². The summed E-state index contributed by atoms with van der Waals surface area (Å²) >= 11 is 0. The van der Waals surface area contributed by atoms with Crippen molar-refractivity contribution >= 4 is 13.7 Å². The van der Waals surface area contributed by atoms with E-state index in [9.17, 15) is 19.4 Å². The first-order valence-corrected chi connectivity index (χ1v) is 21.5. The molecule has 5 N–H and O–H groups in total. The van der Waals surface area contributed by atoms with Crippen molar-refractivity contribution in [3.63, 3.8) is 0 Å². The van der Waals surface area contributed by atoms with Crippen molar-refractivity contribution in [2.75, 3.05) is 19.8 Å². The molecule has 0 aliphatic rings. The van der Waals surface area contributed by atoms with Gasteiger partial charge in [0.1, 0.15) is 0 Å². The lowest BCUT2D eigenvalue weighted by Gasteiger charge is -2.23. The molecule has 0 aromatic carbocycles. The van der Waals surface area contributed by atoms with Crippen molar-refractivity contribution in [3.8, 4) is 0 Å². The van der Waals surface area contributed by atoms with E-state index in [1.165, 1.54) is 128 Å². The van der Waals surface area contributed by atoms with E-state index in [-0.39, 0.29) is 25.7 Å². The molecule has 0 rings (SSSR count). The molecule has 3 unspecified atom stereocenters. The number of carbonyl (C=O) groups excluding carboxylic acids is 1. The van der Waals surface area contributed by atoms with Crippen molar-refractivity contribution < 1.29 is 28.4 Å². The number of allylic oxidation sites excluding steroid dienone is 3. The smallest absolute Gasteiger partial charge is 0.387 e. The summed E-state index contributed by atoms with van der Waals surface area (Å²) in [5, 5.41) is 13.6. The Balaban J connectivity index is 4.27. The second-order valence-electron chi connectivity index (χ2n) is 13.5. The first kappa shape index (κ1) is 47.0. The zero-order valence-electron chi connectivity index (χ0n) is 31.2. The highest BCUT2D eigenvalue weighted by atomic mass is 31.2. The summed E-state index contributed by atoms with van der Waals surface area (Å²) in [5.41, 5.74) is 5.35. The van der Waals surface area contributed by atoms with E-state index in [0.29, 0.717) is 6.42 Å². The minimum absolute atomic E-state index is 0.0755. The van der Waals surface area contributed by atoms with E-state index in [4.69, 9.17) is 14.8 Å². The van der Waals surface area contributed by atoms with E-state index in [2.05, 4.69) is 31.3 Å². The number of phosphoric acid groups is 1. The maximum atomic E-state index is 12.6. The zero-order chi connectivity index (χ0) is 35.4. The maximum absolute atomic E-state index is 12.6. The second kappa shape index (κ2) is 35.8. The third-order valence-corrected chi connectivity index (χ3v) is 9.76. The molecule has 0 heterocycles. The van der Waals surface area contributed by atoms with E-state index in [1.807, 2.05) is 6.08 Å². The number of nitrogens with two attached hydrogens (primary N) is 1. The molecule has 0 bridgehead atoms. The van der Waals surface area contributed by atoms with E-state index >= 15 is 0 Å². The average molecular weight is 701 g/mol. The summed E-state index contributed by atoms with van der Waals surface area (Å²) in [5.74, 6) is -0.206. The van der Waals surface area contributed by atoms with Crippen LogP contribution in [0.1, 0.15) is 187 Å². The van der Waals surface area contributed by atoms with Crippen LogP contribution in [0.3, 0.4) is 0 Å². The number of unbranched alkanes of at least 4 members (excludes halogenated alkanes) is 23. The van der Waals surface area contributed by atoms with Gasteiger partial charge in [0, 0.05) is 13.0 Å². The Hall–Kier alpha value is -1.02. The number of aliphatic hydroxyl groups is 1. The van der Waals surface area contributed by atoms with Crippen LogP contribution in [0.15, 0.2) is 24.3 Å². The maximum Gasteiger partial charge on any atom is 0.472 e. The number of carbonyl (C=O) groups is 1. The summed E-state index contributed by atoms with van der Waals surface area (Å²) < 4.78 is 22.0. The van der Waals surface area contributed by atoms with Gasteiger partial charge in [-0.2, -0.15) is 0 Å². The molecule has 0 aliphatic carbocycles. The van der Waals surface area contributed by atoms with E-state index < -0.39 is 20.0 Å². The third-order valence-electron chi connectivity index (χ3n) is 8.78. The lowest BCUT2D eigenvalue weighted by Crippen LogP contribution is -2.45. The fraction of sp³-hybridized carbons (Fsp3) is 0.872. The summed E-state index contributed by atoms with van der Waals surface area (Å²) in [6, 6.07) is -0.870. The van der Waals surface area contributed by atoms with E-state index in [1.54, 1.807) is 6.08 Å². The molecule has 0 aliphatic heterocycles. The molecule has 0 fully saturated rings. The van der Waals surface area contributed by atoms with Gasteiger partial charge in [-0.05, 0) is 32.1 Å². The summed E-state index contributed by atoms with van der Waals surface area (Å²) in [6.45, 7) is 4.10.